The Labute approximate surface area is 430 Å². The van der Waals surface area contributed by atoms with Crippen LogP contribution < -0.4 is 0 Å². The number of hydrogen-bond acceptors (Lipinski definition) is 8. The second kappa shape index (κ2) is 27.8. The molecule has 0 saturated carbocycles. The van der Waals surface area contributed by atoms with Crippen molar-refractivity contribution in [3.05, 3.63) is 215 Å². The molecule has 0 aliphatic heterocycles. The smallest absolute Gasteiger partial charge is 0.311 e. The Morgan fingerprint density at radius 3 is 1.12 bits per heavy atom. The summed E-state index contributed by atoms with van der Waals surface area (Å²) in [6.45, 7) is 11.2. The van der Waals surface area contributed by atoms with Gasteiger partial charge in [-0.1, -0.05) is 196 Å². The Morgan fingerprint density at radius 1 is 0.417 bits per heavy atom. The molecule has 0 radical (unpaired) electrons. The lowest BCUT2D eigenvalue weighted by Gasteiger charge is -2.45. The van der Waals surface area contributed by atoms with Crippen molar-refractivity contribution in [3.8, 4) is 0 Å². The normalized spacial score (nSPS) is 13.0. The maximum atomic E-state index is 14.4. The number of benzene rings is 6. The number of esters is 2. The lowest BCUT2D eigenvalue weighted by atomic mass is 9.58. The predicted molar refractivity (Wildman–Crippen MR) is 288 cm³/mol. The highest BCUT2D eigenvalue weighted by atomic mass is 16.6. The van der Waals surface area contributed by atoms with Crippen LogP contribution in [0.15, 0.2) is 182 Å². The lowest BCUT2D eigenvalue weighted by Crippen LogP contribution is -2.40. The van der Waals surface area contributed by atoms with Crippen LogP contribution in [-0.2, 0) is 48.8 Å². The Bertz CT molecular complexity index is 2360. The van der Waals surface area contributed by atoms with Gasteiger partial charge in [0.25, 0.3) is 0 Å². The average molecular weight is 975 g/mol. The zero-order valence-corrected chi connectivity index (χ0v) is 43.6. The standard InChI is InChI=1S/C64H78O8/c1-61(2,48-59(65)71-43-41-69-39-37-67-5)49-63(55-29-17-9-18-30-55,56-31-19-10-20-32-56)46-53(51-25-13-7-14-26-51)45-54(52-27-15-8-16-28-52)47-64(57-33-21-11-22-34-57,58-35-23-12-24-36-58)50-62(3,4)60(66)72-44-42-70-40-38-68-6/h7-36,53-54H,37-50H2,1-6H3. The summed E-state index contributed by atoms with van der Waals surface area (Å²) in [7, 11) is 3.28. The van der Waals surface area contributed by atoms with Gasteiger partial charge >= 0.3 is 11.9 Å². The molecule has 2 atom stereocenters. The second-order valence-electron chi connectivity index (χ2n) is 20.6. The van der Waals surface area contributed by atoms with Crippen molar-refractivity contribution in [2.45, 2.75) is 88.9 Å². The molecule has 0 amide bonds. The van der Waals surface area contributed by atoms with Crippen LogP contribution in [0.3, 0.4) is 0 Å². The SMILES string of the molecule is COCCOCCOC(=O)CC(C)(C)CC(CC(CC(CC(CC(C)(C)C(=O)OCCOCCOC)(c1ccccc1)c1ccccc1)c1ccccc1)c1ccccc1)(c1ccccc1)c1ccccc1. The molecule has 8 nitrogen and oxygen atoms in total. The van der Waals surface area contributed by atoms with Crippen molar-refractivity contribution in [2.24, 2.45) is 10.8 Å². The molecule has 6 rings (SSSR count). The molecule has 2 unspecified atom stereocenters. The summed E-state index contributed by atoms with van der Waals surface area (Å²) in [4.78, 5) is 28.1. The summed E-state index contributed by atoms with van der Waals surface area (Å²) in [6.07, 6.45) is 3.68. The van der Waals surface area contributed by atoms with Gasteiger partial charge in [-0.2, -0.15) is 0 Å². The zero-order valence-electron chi connectivity index (χ0n) is 43.6. The molecule has 0 aliphatic carbocycles. The molecule has 0 fully saturated rings. The molecule has 0 spiro atoms. The molecule has 0 heterocycles. The third-order valence-corrected chi connectivity index (χ3v) is 14.1. The maximum Gasteiger partial charge on any atom is 0.311 e. The number of rotatable bonds is 31. The Morgan fingerprint density at radius 2 is 0.750 bits per heavy atom. The van der Waals surface area contributed by atoms with E-state index in [0.29, 0.717) is 58.9 Å². The van der Waals surface area contributed by atoms with E-state index in [-0.39, 0.29) is 43.4 Å². The minimum atomic E-state index is -0.891. The van der Waals surface area contributed by atoms with Crippen LogP contribution in [0, 0.1) is 10.8 Å². The molecule has 0 aliphatic rings. The van der Waals surface area contributed by atoms with Crippen molar-refractivity contribution in [2.75, 3.05) is 67.1 Å². The molecule has 0 aromatic heterocycles. The summed E-state index contributed by atoms with van der Waals surface area (Å²) >= 11 is 0. The average Bonchev–Trinajstić information content (AvgIpc) is 3.40. The maximum absolute atomic E-state index is 14.4. The monoisotopic (exact) mass is 975 g/mol. The first-order chi connectivity index (χ1) is 34.9. The molecular formula is C64H78O8. The van der Waals surface area contributed by atoms with E-state index in [4.69, 9.17) is 28.4 Å². The second-order valence-corrected chi connectivity index (χ2v) is 20.6. The van der Waals surface area contributed by atoms with Crippen molar-refractivity contribution >= 4 is 11.9 Å². The highest BCUT2D eigenvalue weighted by Crippen LogP contribution is 2.54. The molecule has 0 saturated heterocycles. The van der Waals surface area contributed by atoms with Gasteiger partial charge in [0.2, 0.25) is 0 Å². The summed E-state index contributed by atoms with van der Waals surface area (Å²) in [5, 5.41) is 0. The van der Waals surface area contributed by atoms with Gasteiger partial charge in [-0.25, -0.2) is 0 Å². The topological polar surface area (TPSA) is 89.5 Å². The van der Waals surface area contributed by atoms with Crippen molar-refractivity contribution in [1.29, 1.82) is 0 Å². The molecule has 382 valence electrons. The minimum Gasteiger partial charge on any atom is -0.463 e. The molecular weight excluding hydrogens is 897 g/mol. The molecule has 6 aromatic carbocycles. The van der Waals surface area contributed by atoms with E-state index in [1.807, 2.05) is 13.8 Å². The first kappa shape index (κ1) is 55.4. The number of carbonyl (C=O) groups excluding carboxylic acids is 2. The van der Waals surface area contributed by atoms with Crippen LogP contribution in [0.4, 0.5) is 0 Å². The van der Waals surface area contributed by atoms with Crippen LogP contribution in [-0.4, -0.2) is 79.0 Å². The number of ether oxygens (including phenoxy) is 6. The first-order valence-corrected chi connectivity index (χ1v) is 25.7. The van der Waals surface area contributed by atoms with Gasteiger partial charge in [-0.15, -0.1) is 0 Å². The Kier molecular flexibility index (Phi) is 21.4. The quantitative estimate of drug-likeness (QED) is 0.0314. The third-order valence-electron chi connectivity index (χ3n) is 14.1. The Balaban J connectivity index is 1.46. The largest absolute Gasteiger partial charge is 0.463 e. The predicted octanol–water partition coefficient (Wildman–Crippen LogP) is 13.3. The summed E-state index contributed by atoms with van der Waals surface area (Å²) in [5.41, 5.74) is 4.66. The van der Waals surface area contributed by atoms with Gasteiger partial charge in [0.05, 0.1) is 51.5 Å². The van der Waals surface area contributed by atoms with Crippen LogP contribution >= 0.6 is 0 Å². The highest BCUT2D eigenvalue weighted by molar-refractivity contribution is 5.76. The van der Waals surface area contributed by atoms with Gasteiger partial charge in [0.15, 0.2) is 0 Å². The van der Waals surface area contributed by atoms with Gasteiger partial charge in [-0.3, -0.25) is 9.59 Å². The summed E-state index contributed by atoms with van der Waals surface area (Å²) < 4.78 is 33.4. The van der Waals surface area contributed by atoms with Crippen molar-refractivity contribution in [3.63, 3.8) is 0 Å². The minimum absolute atomic E-state index is 0.0103. The third kappa shape index (κ3) is 15.8. The number of methoxy groups -OCH3 is 2. The van der Waals surface area contributed by atoms with E-state index in [1.165, 1.54) is 22.3 Å². The summed E-state index contributed by atoms with van der Waals surface area (Å²) in [6, 6.07) is 65.1. The lowest BCUT2D eigenvalue weighted by molar-refractivity contribution is -0.156. The van der Waals surface area contributed by atoms with E-state index < -0.39 is 21.7 Å². The van der Waals surface area contributed by atoms with E-state index in [0.717, 1.165) is 24.0 Å². The fraction of sp³-hybridized carbons (Fsp3) is 0.406. The fourth-order valence-corrected chi connectivity index (χ4v) is 10.9. The van der Waals surface area contributed by atoms with E-state index in [9.17, 15) is 9.59 Å². The van der Waals surface area contributed by atoms with Crippen LogP contribution in [0.2, 0.25) is 0 Å². The fourth-order valence-electron chi connectivity index (χ4n) is 10.9. The zero-order chi connectivity index (χ0) is 51.1. The first-order valence-electron chi connectivity index (χ1n) is 25.7. The number of carbonyl (C=O) groups is 2. The van der Waals surface area contributed by atoms with Gasteiger partial charge < -0.3 is 28.4 Å². The highest BCUT2D eigenvalue weighted by Gasteiger charge is 2.47. The van der Waals surface area contributed by atoms with Crippen LogP contribution in [0.25, 0.3) is 0 Å². The Hall–Kier alpha value is -5.90. The van der Waals surface area contributed by atoms with E-state index in [2.05, 4.69) is 196 Å². The van der Waals surface area contributed by atoms with Gasteiger partial charge in [0, 0.05) is 25.0 Å². The van der Waals surface area contributed by atoms with E-state index in [1.54, 1.807) is 14.2 Å². The molecule has 6 aromatic rings. The number of hydrogen-bond donors (Lipinski definition) is 0. The van der Waals surface area contributed by atoms with Crippen molar-refractivity contribution < 1.29 is 38.0 Å². The molecule has 72 heavy (non-hydrogen) atoms. The van der Waals surface area contributed by atoms with Crippen LogP contribution in [0.1, 0.15) is 111 Å². The van der Waals surface area contributed by atoms with Gasteiger partial charge in [-0.05, 0) is 96.6 Å². The van der Waals surface area contributed by atoms with Crippen LogP contribution in [0.5, 0.6) is 0 Å². The summed E-state index contributed by atoms with van der Waals surface area (Å²) in [5.74, 6) is -0.459. The van der Waals surface area contributed by atoms with Crippen molar-refractivity contribution in [1.82, 2.24) is 0 Å². The molecule has 0 N–H and O–H groups in total. The molecule has 8 heteroatoms. The van der Waals surface area contributed by atoms with Gasteiger partial charge in [0.1, 0.15) is 13.2 Å². The van der Waals surface area contributed by atoms with E-state index >= 15 is 0 Å². The molecule has 0 bridgehead atoms.